The van der Waals surface area contributed by atoms with Gasteiger partial charge in [0, 0.05) is 5.41 Å². The van der Waals surface area contributed by atoms with Crippen molar-refractivity contribution in [2.45, 2.75) is 39.5 Å². The van der Waals surface area contributed by atoms with Gasteiger partial charge in [0.1, 0.15) is 5.82 Å². The van der Waals surface area contributed by atoms with Crippen LogP contribution in [0, 0.1) is 19.7 Å². The summed E-state index contributed by atoms with van der Waals surface area (Å²) < 4.78 is 13.6. The summed E-state index contributed by atoms with van der Waals surface area (Å²) in [6.45, 7) is 7.14. The van der Waals surface area contributed by atoms with E-state index in [1.165, 1.54) is 6.07 Å². The molecule has 0 spiro atoms. The van der Waals surface area contributed by atoms with E-state index in [2.05, 4.69) is 0 Å². The maximum absolute atomic E-state index is 13.6. The molecule has 1 N–H and O–H groups in total. The van der Waals surface area contributed by atoms with Crippen LogP contribution in [0.25, 0.3) is 0 Å². The summed E-state index contributed by atoms with van der Waals surface area (Å²) in [6, 6.07) is 1.37. The highest BCUT2D eigenvalue weighted by Gasteiger charge is 2.30. The molecule has 0 radical (unpaired) electrons. The van der Waals surface area contributed by atoms with E-state index in [9.17, 15) is 9.18 Å². The predicted molar refractivity (Wildman–Crippen MR) is 66.2 cm³/mol. The molecule has 0 heterocycles. The van der Waals surface area contributed by atoms with E-state index in [0.717, 1.165) is 11.1 Å². The van der Waals surface area contributed by atoms with Gasteiger partial charge in [-0.1, -0.05) is 25.4 Å². The molecule has 94 valence electrons. The Labute approximate surface area is 105 Å². The van der Waals surface area contributed by atoms with E-state index in [1.54, 1.807) is 20.8 Å². The fourth-order valence-electron chi connectivity index (χ4n) is 2.11. The number of benzene rings is 1. The quantitative estimate of drug-likeness (QED) is 0.894. The normalized spacial score (nSPS) is 11.6. The predicted octanol–water partition coefficient (Wildman–Crippen LogP) is 3.85. The van der Waals surface area contributed by atoms with Crippen molar-refractivity contribution in [2.75, 3.05) is 0 Å². The van der Waals surface area contributed by atoms with E-state index in [0.29, 0.717) is 5.56 Å². The summed E-state index contributed by atoms with van der Waals surface area (Å²) in [4.78, 5) is 10.8. The molecule has 0 saturated heterocycles. The van der Waals surface area contributed by atoms with Gasteiger partial charge in [0.25, 0.3) is 0 Å². The number of carboxylic acid groups (broad SMARTS) is 1. The monoisotopic (exact) mass is 258 g/mol. The molecule has 0 amide bonds. The third-order valence-electron chi connectivity index (χ3n) is 3.01. The molecule has 0 atom stereocenters. The summed E-state index contributed by atoms with van der Waals surface area (Å²) in [5.41, 5.74) is 1.52. The molecule has 0 fully saturated rings. The molecule has 0 aliphatic rings. The summed E-state index contributed by atoms with van der Waals surface area (Å²) >= 11 is 5.97. The molecule has 2 nitrogen and oxygen atoms in total. The molecule has 0 saturated carbocycles. The SMILES string of the molecule is Cc1cc(F)c(Cl)c(C(C)(C)CC(=O)O)c1C. The molecule has 0 aromatic heterocycles. The average Bonchev–Trinajstić information content (AvgIpc) is 2.12. The van der Waals surface area contributed by atoms with Crippen LogP contribution in [-0.4, -0.2) is 11.1 Å². The second kappa shape index (κ2) is 4.65. The van der Waals surface area contributed by atoms with E-state index in [1.807, 2.05) is 6.92 Å². The van der Waals surface area contributed by atoms with Gasteiger partial charge < -0.3 is 5.11 Å². The van der Waals surface area contributed by atoms with Crippen LogP contribution in [0.3, 0.4) is 0 Å². The molecule has 1 aromatic rings. The van der Waals surface area contributed by atoms with Gasteiger partial charge in [0.05, 0.1) is 11.4 Å². The van der Waals surface area contributed by atoms with Gasteiger partial charge in [-0.2, -0.15) is 0 Å². The Morgan fingerprint density at radius 1 is 1.47 bits per heavy atom. The summed E-state index contributed by atoms with van der Waals surface area (Å²) in [5, 5.41) is 8.92. The largest absolute Gasteiger partial charge is 0.481 e. The highest BCUT2D eigenvalue weighted by Crippen LogP contribution is 2.37. The molecule has 1 rings (SSSR count). The van der Waals surface area contributed by atoms with Crippen LogP contribution in [-0.2, 0) is 10.2 Å². The van der Waals surface area contributed by atoms with E-state index in [-0.39, 0.29) is 11.4 Å². The first-order chi connectivity index (χ1) is 7.66. The minimum atomic E-state index is -0.924. The Morgan fingerprint density at radius 3 is 2.47 bits per heavy atom. The van der Waals surface area contributed by atoms with Crippen LogP contribution in [0.5, 0.6) is 0 Å². The molecule has 4 heteroatoms. The molecule has 1 aromatic carbocycles. The van der Waals surface area contributed by atoms with Crippen molar-refractivity contribution in [1.82, 2.24) is 0 Å². The molecule has 17 heavy (non-hydrogen) atoms. The van der Waals surface area contributed by atoms with Crippen molar-refractivity contribution in [2.24, 2.45) is 0 Å². The third-order valence-corrected chi connectivity index (χ3v) is 3.38. The summed E-state index contributed by atoms with van der Waals surface area (Å²) in [7, 11) is 0. The lowest BCUT2D eigenvalue weighted by molar-refractivity contribution is -0.138. The van der Waals surface area contributed by atoms with Crippen molar-refractivity contribution in [3.05, 3.63) is 33.6 Å². The fourth-order valence-corrected chi connectivity index (χ4v) is 2.57. The zero-order valence-electron chi connectivity index (χ0n) is 10.4. The van der Waals surface area contributed by atoms with Gasteiger partial charge >= 0.3 is 5.97 Å². The topological polar surface area (TPSA) is 37.3 Å². The fraction of sp³-hybridized carbons (Fsp3) is 0.462. The second-order valence-corrected chi connectivity index (χ2v) is 5.32. The van der Waals surface area contributed by atoms with Crippen LogP contribution >= 0.6 is 11.6 Å². The second-order valence-electron chi connectivity index (χ2n) is 4.94. The number of aryl methyl sites for hydroxylation is 1. The van der Waals surface area contributed by atoms with Crippen molar-refractivity contribution in [3.8, 4) is 0 Å². The highest BCUT2D eigenvalue weighted by molar-refractivity contribution is 6.31. The van der Waals surface area contributed by atoms with Gasteiger partial charge in [-0.3, -0.25) is 4.79 Å². The Balaban J connectivity index is 3.44. The molecular weight excluding hydrogens is 243 g/mol. The summed E-state index contributed by atoms with van der Waals surface area (Å²) in [6.07, 6.45) is -0.0869. The third kappa shape index (κ3) is 2.78. The van der Waals surface area contributed by atoms with Gasteiger partial charge in [0.2, 0.25) is 0 Å². The zero-order valence-corrected chi connectivity index (χ0v) is 11.2. The number of aliphatic carboxylic acids is 1. The van der Waals surface area contributed by atoms with Crippen molar-refractivity contribution in [1.29, 1.82) is 0 Å². The lowest BCUT2D eigenvalue weighted by Gasteiger charge is -2.27. The molecule has 0 bridgehead atoms. The standard InChI is InChI=1S/C13H16ClFO2/c1-7-5-9(15)12(14)11(8(7)2)13(3,4)6-10(16)17/h5H,6H2,1-4H3,(H,16,17). The van der Waals surface area contributed by atoms with Crippen LogP contribution in [0.1, 0.15) is 37.0 Å². The minimum Gasteiger partial charge on any atom is -0.481 e. The number of hydrogen-bond donors (Lipinski definition) is 1. The lowest BCUT2D eigenvalue weighted by Crippen LogP contribution is -2.24. The maximum Gasteiger partial charge on any atom is 0.304 e. The van der Waals surface area contributed by atoms with Gasteiger partial charge in [-0.15, -0.1) is 0 Å². The Hall–Kier alpha value is -1.09. The number of hydrogen-bond acceptors (Lipinski definition) is 1. The molecule has 0 unspecified atom stereocenters. The first kappa shape index (κ1) is 14.0. The van der Waals surface area contributed by atoms with Crippen molar-refractivity contribution < 1.29 is 14.3 Å². The van der Waals surface area contributed by atoms with Crippen molar-refractivity contribution >= 4 is 17.6 Å². The zero-order chi connectivity index (χ0) is 13.4. The number of halogens is 2. The first-order valence-corrected chi connectivity index (χ1v) is 5.72. The molecule has 0 aliphatic carbocycles. The Kier molecular flexibility index (Phi) is 3.82. The lowest BCUT2D eigenvalue weighted by atomic mass is 9.78. The van der Waals surface area contributed by atoms with Crippen LogP contribution in [0.2, 0.25) is 5.02 Å². The summed E-state index contributed by atoms with van der Waals surface area (Å²) in [5.74, 6) is -1.42. The number of carbonyl (C=O) groups is 1. The van der Waals surface area contributed by atoms with Gasteiger partial charge in [-0.25, -0.2) is 4.39 Å². The van der Waals surface area contributed by atoms with Gasteiger partial charge in [0.15, 0.2) is 0 Å². The Bertz CT molecular complexity index is 441. The van der Waals surface area contributed by atoms with Crippen LogP contribution in [0.4, 0.5) is 4.39 Å². The van der Waals surface area contributed by atoms with E-state index in [4.69, 9.17) is 16.7 Å². The van der Waals surface area contributed by atoms with Crippen LogP contribution < -0.4 is 0 Å². The number of rotatable bonds is 3. The van der Waals surface area contributed by atoms with E-state index < -0.39 is 17.2 Å². The Morgan fingerprint density at radius 2 is 2.00 bits per heavy atom. The molecule has 0 aliphatic heterocycles. The average molecular weight is 259 g/mol. The highest BCUT2D eigenvalue weighted by atomic mass is 35.5. The van der Waals surface area contributed by atoms with Crippen molar-refractivity contribution in [3.63, 3.8) is 0 Å². The smallest absolute Gasteiger partial charge is 0.304 e. The molecular formula is C13H16ClFO2. The number of carboxylic acids is 1. The minimum absolute atomic E-state index is 0.0272. The van der Waals surface area contributed by atoms with Crippen LogP contribution in [0.15, 0.2) is 6.07 Å². The van der Waals surface area contributed by atoms with E-state index >= 15 is 0 Å². The first-order valence-electron chi connectivity index (χ1n) is 5.34. The maximum atomic E-state index is 13.6. The van der Waals surface area contributed by atoms with Gasteiger partial charge in [-0.05, 0) is 36.6 Å².